The maximum Gasteiger partial charge on any atom is 0.282 e. The van der Waals surface area contributed by atoms with E-state index in [0.717, 1.165) is 12.2 Å². The minimum absolute atomic E-state index is 0.0296. The first-order chi connectivity index (χ1) is 10.0. The molecule has 0 radical (unpaired) electrons. The molecule has 1 atom stereocenters. The molecule has 1 aliphatic rings. The number of likely N-dealkylation sites (N-methyl/N-ethyl adjacent to an activating group) is 1. The zero-order valence-corrected chi connectivity index (χ0v) is 13.8. The van der Waals surface area contributed by atoms with Gasteiger partial charge in [-0.25, -0.2) is 0 Å². The predicted molar refractivity (Wildman–Crippen MR) is 88.5 cm³/mol. The average Bonchev–Trinajstić information content (AvgIpc) is 2.47. The van der Waals surface area contributed by atoms with Crippen molar-refractivity contribution in [2.75, 3.05) is 31.1 Å². The minimum Gasteiger partial charge on any atom is -0.357 e. The number of nitrogens with one attached hydrogen (secondary N) is 2. The second-order valence-electron chi connectivity index (χ2n) is 4.70. The highest BCUT2D eigenvalue weighted by Crippen LogP contribution is 2.27. The largest absolute Gasteiger partial charge is 0.357 e. The van der Waals surface area contributed by atoms with Crippen molar-refractivity contribution in [3.63, 3.8) is 0 Å². The fourth-order valence-corrected chi connectivity index (χ4v) is 3.06. The lowest BCUT2D eigenvalue weighted by Crippen LogP contribution is -2.58. The van der Waals surface area contributed by atoms with Gasteiger partial charge in [-0.05, 0) is 41.6 Å². The lowest BCUT2D eigenvalue weighted by molar-refractivity contribution is -0.385. The Kier molecular flexibility index (Phi) is 5.34. The molecule has 2 rings (SSSR count). The van der Waals surface area contributed by atoms with Crippen LogP contribution in [0.1, 0.15) is 6.92 Å². The van der Waals surface area contributed by atoms with Crippen molar-refractivity contribution in [3.8, 4) is 0 Å². The summed E-state index contributed by atoms with van der Waals surface area (Å²) in [6.45, 7) is 4.51. The van der Waals surface area contributed by atoms with Crippen molar-refractivity contribution in [1.82, 2.24) is 10.6 Å². The normalized spacial score (nSPS) is 18.4. The second-order valence-corrected chi connectivity index (χ2v) is 5.86. The van der Waals surface area contributed by atoms with Crippen LogP contribution in [0.15, 0.2) is 18.2 Å². The van der Waals surface area contributed by atoms with Crippen LogP contribution in [-0.4, -0.2) is 43.1 Å². The van der Waals surface area contributed by atoms with E-state index in [9.17, 15) is 14.9 Å². The molecule has 1 fully saturated rings. The fourth-order valence-electron chi connectivity index (χ4n) is 2.36. The molecule has 1 saturated heterocycles. The molecule has 1 aliphatic heterocycles. The highest BCUT2D eigenvalue weighted by Gasteiger charge is 2.29. The van der Waals surface area contributed by atoms with Gasteiger partial charge in [-0.3, -0.25) is 14.9 Å². The maximum atomic E-state index is 12.1. The van der Waals surface area contributed by atoms with Gasteiger partial charge < -0.3 is 15.5 Å². The molecule has 1 heterocycles. The number of carbonyl (C=O) groups excluding carboxylic acids is 1. The Morgan fingerprint density at radius 1 is 1.62 bits per heavy atom. The number of hydrogen-bond donors (Lipinski definition) is 2. The van der Waals surface area contributed by atoms with E-state index in [0.29, 0.717) is 23.2 Å². The molecule has 1 aromatic rings. The van der Waals surface area contributed by atoms with Gasteiger partial charge in [-0.1, -0.05) is 0 Å². The Morgan fingerprint density at radius 3 is 3.00 bits per heavy atom. The molecule has 0 bridgehead atoms. The number of amides is 1. The van der Waals surface area contributed by atoms with E-state index in [1.807, 2.05) is 34.4 Å². The van der Waals surface area contributed by atoms with Gasteiger partial charge >= 0.3 is 0 Å². The first kappa shape index (κ1) is 16.0. The van der Waals surface area contributed by atoms with Gasteiger partial charge in [-0.15, -0.1) is 0 Å². The van der Waals surface area contributed by atoms with E-state index in [-0.39, 0.29) is 17.6 Å². The third-order valence-corrected chi connectivity index (χ3v) is 4.22. The van der Waals surface area contributed by atoms with Crippen LogP contribution in [0.2, 0.25) is 0 Å². The predicted octanol–water partition coefficient (Wildman–Crippen LogP) is 1.11. The Morgan fingerprint density at radius 2 is 2.38 bits per heavy atom. The lowest BCUT2D eigenvalue weighted by Gasteiger charge is -2.37. The molecule has 2 N–H and O–H groups in total. The van der Waals surface area contributed by atoms with E-state index in [1.54, 1.807) is 12.1 Å². The zero-order valence-electron chi connectivity index (χ0n) is 11.6. The van der Waals surface area contributed by atoms with Gasteiger partial charge in [0.15, 0.2) is 0 Å². The topological polar surface area (TPSA) is 87.5 Å². The molecule has 1 amide bonds. The molecule has 21 heavy (non-hydrogen) atoms. The quantitative estimate of drug-likeness (QED) is 0.446. The van der Waals surface area contributed by atoms with Crippen LogP contribution in [0.5, 0.6) is 0 Å². The van der Waals surface area contributed by atoms with Crippen LogP contribution in [0.3, 0.4) is 0 Å². The summed E-state index contributed by atoms with van der Waals surface area (Å²) >= 11 is 1.95. The summed E-state index contributed by atoms with van der Waals surface area (Å²) < 4.78 is 0.572. The number of benzene rings is 1. The molecule has 0 spiro atoms. The SMILES string of the molecule is CCNC(=O)C1CNCCN1c1ccc([N+](=O)[O-])c(I)c1. The van der Waals surface area contributed by atoms with Gasteiger partial charge in [0.25, 0.3) is 5.69 Å². The zero-order chi connectivity index (χ0) is 15.4. The molecule has 0 saturated carbocycles. The fraction of sp³-hybridized carbons (Fsp3) is 0.462. The van der Waals surface area contributed by atoms with Gasteiger partial charge in [0.2, 0.25) is 5.91 Å². The number of halogens is 1. The van der Waals surface area contributed by atoms with Crippen molar-refractivity contribution in [3.05, 3.63) is 31.9 Å². The Balaban J connectivity index is 2.27. The van der Waals surface area contributed by atoms with E-state index < -0.39 is 4.92 Å². The number of rotatable bonds is 4. The van der Waals surface area contributed by atoms with Crippen LogP contribution in [-0.2, 0) is 4.79 Å². The molecule has 1 aromatic carbocycles. The smallest absolute Gasteiger partial charge is 0.282 e. The lowest BCUT2D eigenvalue weighted by atomic mass is 10.1. The molecule has 0 aliphatic carbocycles. The van der Waals surface area contributed by atoms with E-state index in [4.69, 9.17) is 0 Å². The maximum absolute atomic E-state index is 12.1. The summed E-state index contributed by atoms with van der Waals surface area (Å²) in [4.78, 5) is 24.6. The van der Waals surface area contributed by atoms with Crippen LogP contribution >= 0.6 is 22.6 Å². The standard InChI is InChI=1S/C13H17IN4O3/c1-2-16-13(19)12-8-15-5-6-17(12)9-3-4-11(18(20)21)10(14)7-9/h3-4,7,12,15H,2,5-6,8H2,1H3,(H,16,19). The van der Waals surface area contributed by atoms with Gasteiger partial charge in [0.05, 0.1) is 8.49 Å². The number of piperazine rings is 1. The van der Waals surface area contributed by atoms with Crippen LogP contribution in [0.4, 0.5) is 11.4 Å². The van der Waals surface area contributed by atoms with Crippen molar-refractivity contribution in [1.29, 1.82) is 0 Å². The summed E-state index contributed by atoms with van der Waals surface area (Å²) in [5, 5.41) is 16.9. The van der Waals surface area contributed by atoms with Gasteiger partial charge in [0, 0.05) is 37.9 Å². The highest BCUT2D eigenvalue weighted by molar-refractivity contribution is 14.1. The Hall–Kier alpha value is -1.42. The monoisotopic (exact) mass is 404 g/mol. The third-order valence-electron chi connectivity index (χ3n) is 3.36. The molecule has 1 unspecified atom stereocenters. The molecular formula is C13H17IN4O3. The first-order valence-corrected chi connectivity index (χ1v) is 7.81. The average molecular weight is 404 g/mol. The van der Waals surface area contributed by atoms with Crippen LogP contribution < -0.4 is 15.5 Å². The Bertz CT molecular complexity index is 552. The number of nitro benzene ring substituents is 1. The van der Waals surface area contributed by atoms with Gasteiger partial charge in [0.1, 0.15) is 6.04 Å². The van der Waals surface area contributed by atoms with Crippen LogP contribution in [0.25, 0.3) is 0 Å². The number of nitro groups is 1. The molecular weight excluding hydrogens is 387 g/mol. The summed E-state index contributed by atoms with van der Waals surface area (Å²) in [7, 11) is 0. The van der Waals surface area contributed by atoms with Crippen molar-refractivity contribution >= 4 is 39.9 Å². The second kappa shape index (κ2) is 7.03. The summed E-state index contributed by atoms with van der Waals surface area (Å²) in [6, 6.07) is 4.66. The van der Waals surface area contributed by atoms with Gasteiger partial charge in [-0.2, -0.15) is 0 Å². The number of carbonyl (C=O) groups is 1. The Labute approximate surface area is 136 Å². The first-order valence-electron chi connectivity index (χ1n) is 6.73. The van der Waals surface area contributed by atoms with E-state index in [1.165, 1.54) is 6.07 Å². The van der Waals surface area contributed by atoms with E-state index >= 15 is 0 Å². The van der Waals surface area contributed by atoms with Crippen molar-refractivity contribution < 1.29 is 9.72 Å². The van der Waals surface area contributed by atoms with Crippen molar-refractivity contribution in [2.24, 2.45) is 0 Å². The summed E-state index contributed by atoms with van der Waals surface area (Å²) in [5.41, 5.74) is 0.923. The highest BCUT2D eigenvalue weighted by atomic mass is 127. The van der Waals surface area contributed by atoms with E-state index in [2.05, 4.69) is 10.6 Å². The molecule has 114 valence electrons. The number of hydrogen-bond acceptors (Lipinski definition) is 5. The molecule has 7 nitrogen and oxygen atoms in total. The molecule has 0 aromatic heterocycles. The summed E-state index contributed by atoms with van der Waals surface area (Å²) in [5.74, 6) is -0.0296. The minimum atomic E-state index is -0.398. The molecule has 8 heteroatoms. The summed E-state index contributed by atoms with van der Waals surface area (Å²) in [6.07, 6.45) is 0. The number of nitrogens with zero attached hydrogens (tertiary/aromatic N) is 2. The van der Waals surface area contributed by atoms with Crippen LogP contribution in [0, 0.1) is 13.7 Å². The third kappa shape index (κ3) is 3.62. The number of anilines is 1. The van der Waals surface area contributed by atoms with Crippen molar-refractivity contribution in [2.45, 2.75) is 13.0 Å².